The molecule has 84 valence electrons. The van der Waals surface area contributed by atoms with Gasteiger partial charge in [-0.15, -0.1) is 0 Å². The number of phenolic OH excluding ortho intramolecular Hbond substituents is 3. The molecule has 0 heterocycles. The number of aromatic hydroxyl groups is 3. The minimum atomic E-state index is 0.169. The van der Waals surface area contributed by atoms with Gasteiger partial charge in [0.15, 0.2) is 0 Å². The van der Waals surface area contributed by atoms with Gasteiger partial charge in [0, 0.05) is 5.69 Å². The summed E-state index contributed by atoms with van der Waals surface area (Å²) >= 11 is 0. The first-order chi connectivity index (χ1) is 7.58. The zero-order valence-electron chi connectivity index (χ0n) is 8.54. The Morgan fingerprint density at radius 2 is 0.812 bits per heavy atom. The molecule has 0 aliphatic carbocycles. The summed E-state index contributed by atoms with van der Waals surface area (Å²) in [6.07, 6.45) is 0. The van der Waals surface area contributed by atoms with E-state index >= 15 is 0 Å². The number of nitrogen functional groups attached to an aromatic ring is 1. The van der Waals surface area contributed by atoms with Crippen LogP contribution in [0.2, 0.25) is 0 Å². The first-order valence-electron chi connectivity index (χ1n) is 4.60. The van der Waals surface area contributed by atoms with Crippen LogP contribution in [-0.4, -0.2) is 15.3 Å². The van der Waals surface area contributed by atoms with E-state index in [1.807, 2.05) is 0 Å². The molecule has 2 aromatic carbocycles. The standard InChI is InChI=1S/C6H7NO.C6H6O2/c7-5-1-3-6(8)4-2-5;7-5-1-2-6(8)4-3-5/h1-4,8H,7H2;1-4,7-8H. The van der Waals surface area contributed by atoms with Crippen LogP contribution in [0.4, 0.5) is 5.69 Å². The Hall–Kier alpha value is -2.36. The van der Waals surface area contributed by atoms with Crippen LogP contribution in [0.5, 0.6) is 17.2 Å². The normalized spacial score (nSPS) is 9.00. The van der Waals surface area contributed by atoms with E-state index < -0.39 is 0 Å². The van der Waals surface area contributed by atoms with Gasteiger partial charge in [-0.1, -0.05) is 0 Å². The molecule has 0 aliphatic rings. The van der Waals surface area contributed by atoms with Gasteiger partial charge in [0.2, 0.25) is 0 Å². The largest absolute Gasteiger partial charge is 0.508 e. The van der Waals surface area contributed by atoms with Crippen molar-refractivity contribution in [2.45, 2.75) is 0 Å². The predicted molar refractivity (Wildman–Crippen MR) is 62.3 cm³/mol. The summed E-state index contributed by atoms with van der Waals surface area (Å²) in [4.78, 5) is 0. The monoisotopic (exact) mass is 219 g/mol. The summed E-state index contributed by atoms with van der Waals surface area (Å²) in [7, 11) is 0. The molecule has 0 aliphatic heterocycles. The van der Waals surface area contributed by atoms with Crippen LogP contribution in [0, 0.1) is 0 Å². The van der Waals surface area contributed by atoms with Crippen molar-refractivity contribution in [3.05, 3.63) is 48.5 Å². The molecule has 5 N–H and O–H groups in total. The van der Waals surface area contributed by atoms with Crippen LogP contribution < -0.4 is 5.73 Å². The van der Waals surface area contributed by atoms with Gasteiger partial charge in [-0.25, -0.2) is 0 Å². The van der Waals surface area contributed by atoms with Crippen LogP contribution in [0.25, 0.3) is 0 Å². The molecule has 2 aromatic rings. The lowest BCUT2D eigenvalue weighted by molar-refractivity contribution is 0.460. The maximum Gasteiger partial charge on any atom is 0.115 e. The molecule has 0 atom stereocenters. The first kappa shape index (κ1) is 11.7. The molecular formula is C12H13NO3. The molecule has 16 heavy (non-hydrogen) atoms. The van der Waals surface area contributed by atoms with Gasteiger partial charge in [-0.05, 0) is 48.5 Å². The summed E-state index contributed by atoms with van der Waals surface area (Å²) in [6, 6.07) is 12.1. The number of benzene rings is 2. The zero-order chi connectivity index (χ0) is 12.0. The summed E-state index contributed by atoms with van der Waals surface area (Å²) in [5, 5.41) is 26.0. The molecule has 0 amide bonds. The SMILES string of the molecule is Nc1ccc(O)cc1.Oc1ccc(O)cc1. The summed E-state index contributed by atoms with van der Waals surface area (Å²) < 4.78 is 0. The van der Waals surface area contributed by atoms with Crippen LogP contribution in [0.1, 0.15) is 0 Å². The Morgan fingerprint density at radius 3 is 1.06 bits per heavy atom. The van der Waals surface area contributed by atoms with E-state index in [4.69, 9.17) is 21.1 Å². The third kappa shape index (κ3) is 4.23. The average Bonchev–Trinajstić information content (AvgIpc) is 2.28. The third-order valence-electron chi connectivity index (χ3n) is 1.74. The molecule has 0 aromatic heterocycles. The second-order valence-corrected chi connectivity index (χ2v) is 3.11. The van der Waals surface area contributed by atoms with E-state index in [2.05, 4.69) is 0 Å². The molecule has 0 saturated heterocycles. The van der Waals surface area contributed by atoms with Crippen molar-refractivity contribution >= 4 is 5.69 Å². The van der Waals surface area contributed by atoms with Crippen molar-refractivity contribution in [2.24, 2.45) is 0 Å². The lowest BCUT2D eigenvalue weighted by Gasteiger charge is -1.89. The Balaban J connectivity index is 0.000000160. The highest BCUT2D eigenvalue weighted by molar-refractivity contribution is 5.40. The fourth-order valence-corrected chi connectivity index (χ4v) is 0.927. The average molecular weight is 219 g/mol. The zero-order valence-corrected chi connectivity index (χ0v) is 8.54. The number of phenols is 3. The maximum absolute atomic E-state index is 8.70. The van der Waals surface area contributed by atoms with Gasteiger partial charge in [0.25, 0.3) is 0 Å². The highest BCUT2D eigenvalue weighted by Gasteiger charge is 1.84. The summed E-state index contributed by atoms with van der Waals surface area (Å²) in [6.45, 7) is 0. The van der Waals surface area contributed by atoms with Gasteiger partial charge in [0.05, 0.1) is 0 Å². The highest BCUT2D eigenvalue weighted by Crippen LogP contribution is 2.13. The summed E-state index contributed by atoms with van der Waals surface area (Å²) in [5.74, 6) is 0.588. The van der Waals surface area contributed by atoms with E-state index in [1.165, 1.54) is 24.3 Å². The Morgan fingerprint density at radius 1 is 0.562 bits per heavy atom. The molecule has 0 spiro atoms. The van der Waals surface area contributed by atoms with Crippen molar-refractivity contribution in [2.75, 3.05) is 5.73 Å². The van der Waals surface area contributed by atoms with Crippen molar-refractivity contribution < 1.29 is 15.3 Å². The molecule has 0 bridgehead atoms. The predicted octanol–water partition coefficient (Wildman–Crippen LogP) is 2.07. The maximum atomic E-state index is 8.70. The molecule has 0 radical (unpaired) electrons. The van der Waals surface area contributed by atoms with E-state index in [-0.39, 0.29) is 17.2 Å². The van der Waals surface area contributed by atoms with E-state index in [9.17, 15) is 0 Å². The fourth-order valence-electron chi connectivity index (χ4n) is 0.927. The number of hydrogen-bond donors (Lipinski definition) is 4. The van der Waals surface area contributed by atoms with E-state index in [0.29, 0.717) is 5.69 Å². The van der Waals surface area contributed by atoms with Gasteiger partial charge in [0.1, 0.15) is 17.2 Å². The number of anilines is 1. The highest BCUT2D eigenvalue weighted by atomic mass is 16.3. The smallest absolute Gasteiger partial charge is 0.115 e. The molecule has 4 nitrogen and oxygen atoms in total. The van der Waals surface area contributed by atoms with Gasteiger partial charge in [-0.3, -0.25) is 0 Å². The second-order valence-electron chi connectivity index (χ2n) is 3.11. The quantitative estimate of drug-likeness (QED) is 0.403. The van der Waals surface area contributed by atoms with Crippen molar-refractivity contribution in [1.82, 2.24) is 0 Å². The van der Waals surface area contributed by atoms with E-state index in [0.717, 1.165) is 0 Å². The Bertz CT molecular complexity index is 338. The number of nitrogens with two attached hydrogens (primary N) is 1. The Kier molecular flexibility index (Phi) is 4.03. The molecule has 2 rings (SSSR count). The first-order valence-corrected chi connectivity index (χ1v) is 4.60. The summed E-state index contributed by atoms with van der Waals surface area (Å²) in [5.41, 5.74) is 5.98. The van der Waals surface area contributed by atoms with Gasteiger partial charge < -0.3 is 21.1 Å². The topological polar surface area (TPSA) is 86.7 Å². The van der Waals surface area contributed by atoms with Crippen LogP contribution in [-0.2, 0) is 0 Å². The lowest BCUT2D eigenvalue weighted by Crippen LogP contribution is -1.80. The van der Waals surface area contributed by atoms with Crippen LogP contribution in [0.3, 0.4) is 0 Å². The van der Waals surface area contributed by atoms with Gasteiger partial charge in [-0.2, -0.15) is 0 Å². The fraction of sp³-hybridized carbons (Fsp3) is 0. The molecule has 0 fully saturated rings. The molecular weight excluding hydrogens is 206 g/mol. The molecule has 0 saturated carbocycles. The van der Waals surface area contributed by atoms with Crippen LogP contribution in [0.15, 0.2) is 48.5 Å². The Labute approximate surface area is 93.2 Å². The minimum absolute atomic E-state index is 0.169. The number of hydrogen-bond acceptors (Lipinski definition) is 4. The molecule has 0 unspecified atom stereocenters. The number of rotatable bonds is 0. The van der Waals surface area contributed by atoms with Crippen molar-refractivity contribution in [3.8, 4) is 17.2 Å². The van der Waals surface area contributed by atoms with Gasteiger partial charge >= 0.3 is 0 Å². The second kappa shape index (κ2) is 5.50. The van der Waals surface area contributed by atoms with E-state index in [1.54, 1.807) is 24.3 Å². The molecule has 4 heteroatoms. The third-order valence-corrected chi connectivity index (χ3v) is 1.74. The van der Waals surface area contributed by atoms with Crippen molar-refractivity contribution in [1.29, 1.82) is 0 Å². The van der Waals surface area contributed by atoms with Crippen LogP contribution >= 0.6 is 0 Å². The van der Waals surface area contributed by atoms with Crippen molar-refractivity contribution in [3.63, 3.8) is 0 Å². The minimum Gasteiger partial charge on any atom is -0.508 e. The lowest BCUT2D eigenvalue weighted by atomic mass is 10.3.